The second-order valence-corrected chi connectivity index (χ2v) is 5.29. The molecule has 1 atom stereocenters. The molecule has 0 aliphatic carbocycles. The number of para-hydroxylation sites is 2. The molecule has 0 fully saturated rings. The van der Waals surface area contributed by atoms with Crippen LogP contribution in [0.25, 0.3) is 0 Å². The van der Waals surface area contributed by atoms with E-state index in [1.165, 1.54) is 19.2 Å². The van der Waals surface area contributed by atoms with Crippen molar-refractivity contribution in [3.05, 3.63) is 47.0 Å². The molecule has 24 heavy (non-hydrogen) atoms. The van der Waals surface area contributed by atoms with Crippen LogP contribution in [0, 0.1) is 11.3 Å². The minimum atomic E-state index is -0.934. The molecule has 0 saturated carbocycles. The van der Waals surface area contributed by atoms with E-state index >= 15 is 0 Å². The molecule has 0 aromatic heterocycles. The van der Waals surface area contributed by atoms with Gasteiger partial charge in [0.05, 0.1) is 23.8 Å². The lowest BCUT2D eigenvalue weighted by molar-refractivity contribution is -0.144. The van der Waals surface area contributed by atoms with Crippen LogP contribution in [0.1, 0.15) is 5.56 Å². The largest absolute Gasteiger partial charge is 0.493 e. The SMILES string of the molecule is COc1cc(C#N)cc(Cl)c1OC(=O)[C@H]1COc2ccccc2O1. The van der Waals surface area contributed by atoms with Crippen molar-refractivity contribution in [2.75, 3.05) is 13.7 Å². The Morgan fingerprint density at radius 2 is 2.08 bits per heavy atom. The number of fused-ring (bicyclic) bond motifs is 1. The van der Waals surface area contributed by atoms with E-state index in [0.29, 0.717) is 17.1 Å². The zero-order chi connectivity index (χ0) is 17.1. The summed E-state index contributed by atoms with van der Waals surface area (Å²) in [5.74, 6) is 0.573. The number of ether oxygens (including phenoxy) is 4. The fourth-order valence-corrected chi connectivity index (χ4v) is 2.43. The van der Waals surface area contributed by atoms with E-state index < -0.39 is 12.1 Å². The third-order valence-electron chi connectivity index (χ3n) is 3.33. The predicted molar refractivity (Wildman–Crippen MR) is 84.7 cm³/mol. The van der Waals surface area contributed by atoms with Gasteiger partial charge in [0.1, 0.15) is 6.61 Å². The van der Waals surface area contributed by atoms with Gasteiger partial charge in [-0.3, -0.25) is 0 Å². The van der Waals surface area contributed by atoms with Gasteiger partial charge in [0.2, 0.25) is 6.10 Å². The van der Waals surface area contributed by atoms with Gasteiger partial charge in [0, 0.05) is 6.07 Å². The van der Waals surface area contributed by atoms with Crippen molar-refractivity contribution in [2.45, 2.75) is 6.10 Å². The van der Waals surface area contributed by atoms with Gasteiger partial charge in [-0.1, -0.05) is 23.7 Å². The van der Waals surface area contributed by atoms with E-state index in [4.69, 9.17) is 35.8 Å². The summed E-state index contributed by atoms with van der Waals surface area (Å²) in [6.07, 6.45) is -0.934. The third kappa shape index (κ3) is 3.07. The summed E-state index contributed by atoms with van der Waals surface area (Å²) in [6, 6.07) is 11.8. The van der Waals surface area contributed by atoms with Gasteiger partial charge in [0.15, 0.2) is 23.0 Å². The highest BCUT2D eigenvalue weighted by Gasteiger charge is 2.30. The van der Waals surface area contributed by atoms with Crippen molar-refractivity contribution in [3.63, 3.8) is 0 Å². The van der Waals surface area contributed by atoms with Crippen LogP contribution in [-0.2, 0) is 4.79 Å². The van der Waals surface area contributed by atoms with Crippen LogP contribution in [0.3, 0.4) is 0 Å². The molecule has 6 nitrogen and oxygen atoms in total. The Morgan fingerprint density at radius 1 is 1.33 bits per heavy atom. The number of methoxy groups -OCH3 is 1. The van der Waals surface area contributed by atoms with Crippen LogP contribution in [-0.4, -0.2) is 25.8 Å². The van der Waals surface area contributed by atoms with Crippen LogP contribution in [0.15, 0.2) is 36.4 Å². The number of halogens is 1. The van der Waals surface area contributed by atoms with Crippen molar-refractivity contribution in [1.82, 2.24) is 0 Å². The first-order valence-corrected chi connectivity index (χ1v) is 7.38. The molecule has 122 valence electrons. The van der Waals surface area contributed by atoms with Crippen molar-refractivity contribution < 1.29 is 23.7 Å². The number of hydrogen-bond acceptors (Lipinski definition) is 6. The molecule has 0 amide bonds. The summed E-state index contributed by atoms with van der Waals surface area (Å²) in [7, 11) is 1.39. The summed E-state index contributed by atoms with van der Waals surface area (Å²) in [5, 5.41) is 9.04. The first kappa shape index (κ1) is 16.0. The minimum Gasteiger partial charge on any atom is -0.493 e. The van der Waals surface area contributed by atoms with E-state index in [1.807, 2.05) is 12.1 Å². The Morgan fingerprint density at radius 3 is 2.79 bits per heavy atom. The minimum absolute atomic E-state index is 0.0199. The van der Waals surface area contributed by atoms with Crippen molar-refractivity contribution >= 4 is 17.6 Å². The van der Waals surface area contributed by atoms with Gasteiger partial charge >= 0.3 is 5.97 Å². The van der Waals surface area contributed by atoms with Gasteiger partial charge in [0.25, 0.3) is 0 Å². The summed E-state index contributed by atoms with van der Waals surface area (Å²) >= 11 is 6.08. The fraction of sp³-hybridized carbons (Fsp3) is 0.176. The number of nitrogens with zero attached hydrogens (tertiary/aromatic N) is 1. The Kier molecular flexibility index (Phi) is 4.45. The van der Waals surface area contributed by atoms with Crippen LogP contribution < -0.4 is 18.9 Å². The molecule has 0 unspecified atom stereocenters. The van der Waals surface area contributed by atoms with Crippen molar-refractivity contribution in [2.24, 2.45) is 0 Å². The quantitative estimate of drug-likeness (QED) is 0.628. The number of carbonyl (C=O) groups excluding carboxylic acids is 1. The Bertz CT molecular complexity index is 830. The molecule has 0 saturated heterocycles. The van der Waals surface area contributed by atoms with E-state index in [-0.39, 0.29) is 23.1 Å². The second kappa shape index (κ2) is 6.69. The molecule has 0 spiro atoms. The zero-order valence-corrected chi connectivity index (χ0v) is 13.4. The molecule has 0 N–H and O–H groups in total. The number of rotatable bonds is 3. The molecule has 0 radical (unpaired) electrons. The average molecular weight is 346 g/mol. The summed E-state index contributed by atoms with van der Waals surface area (Å²) in [4.78, 5) is 12.3. The maximum absolute atomic E-state index is 12.3. The van der Waals surface area contributed by atoms with Crippen LogP contribution in [0.5, 0.6) is 23.0 Å². The fourth-order valence-electron chi connectivity index (χ4n) is 2.19. The van der Waals surface area contributed by atoms with Crippen molar-refractivity contribution in [3.8, 4) is 29.1 Å². The van der Waals surface area contributed by atoms with Crippen LogP contribution in [0.4, 0.5) is 0 Å². The molecule has 0 bridgehead atoms. The highest BCUT2D eigenvalue weighted by atomic mass is 35.5. The van der Waals surface area contributed by atoms with Gasteiger partial charge in [-0.05, 0) is 18.2 Å². The maximum Gasteiger partial charge on any atom is 0.356 e. The zero-order valence-electron chi connectivity index (χ0n) is 12.6. The predicted octanol–water partition coefficient (Wildman–Crippen LogP) is 2.97. The van der Waals surface area contributed by atoms with E-state index in [1.54, 1.807) is 18.2 Å². The Balaban J connectivity index is 1.80. The van der Waals surface area contributed by atoms with Gasteiger partial charge in [-0.25, -0.2) is 4.79 Å². The van der Waals surface area contributed by atoms with Crippen LogP contribution >= 0.6 is 11.6 Å². The molecule has 7 heteroatoms. The summed E-state index contributed by atoms with van der Waals surface area (Å²) < 4.78 is 21.5. The highest BCUT2D eigenvalue weighted by molar-refractivity contribution is 6.32. The number of hydrogen-bond donors (Lipinski definition) is 0. The molecule has 2 aromatic rings. The summed E-state index contributed by atoms with van der Waals surface area (Å²) in [6.45, 7) is 0.0199. The normalized spacial score (nSPS) is 15.3. The van der Waals surface area contributed by atoms with E-state index in [0.717, 1.165) is 0 Å². The molecule has 3 rings (SSSR count). The lowest BCUT2D eigenvalue weighted by atomic mass is 10.2. The monoisotopic (exact) mass is 345 g/mol. The lowest BCUT2D eigenvalue weighted by Crippen LogP contribution is -2.39. The maximum atomic E-state index is 12.3. The topological polar surface area (TPSA) is 77.8 Å². The highest BCUT2D eigenvalue weighted by Crippen LogP contribution is 2.37. The molecule has 1 aliphatic rings. The lowest BCUT2D eigenvalue weighted by Gasteiger charge is -2.25. The Labute approximate surface area is 143 Å². The van der Waals surface area contributed by atoms with E-state index in [2.05, 4.69) is 0 Å². The molecule has 1 aliphatic heterocycles. The number of esters is 1. The van der Waals surface area contributed by atoms with Gasteiger partial charge in [-0.2, -0.15) is 5.26 Å². The molecular weight excluding hydrogens is 334 g/mol. The molecule has 2 aromatic carbocycles. The standard InChI is InChI=1S/C17H12ClNO5/c1-21-14-7-10(8-19)6-11(18)16(14)24-17(20)15-9-22-12-4-2-3-5-13(12)23-15/h2-7,15H,9H2,1H3/t15-/m1/s1. The molecule has 1 heterocycles. The smallest absolute Gasteiger partial charge is 0.356 e. The number of carbonyl (C=O) groups is 1. The first-order chi connectivity index (χ1) is 11.6. The van der Waals surface area contributed by atoms with Crippen molar-refractivity contribution in [1.29, 1.82) is 5.26 Å². The van der Waals surface area contributed by atoms with Crippen LogP contribution in [0.2, 0.25) is 5.02 Å². The summed E-state index contributed by atoms with van der Waals surface area (Å²) in [5.41, 5.74) is 0.294. The third-order valence-corrected chi connectivity index (χ3v) is 3.61. The van der Waals surface area contributed by atoms with Gasteiger partial charge in [-0.15, -0.1) is 0 Å². The second-order valence-electron chi connectivity index (χ2n) is 4.89. The number of benzene rings is 2. The van der Waals surface area contributed by atoms with E-state index in [9.17, 15) is 4.79 Å². The average Bonchev–Trinajstić information content (AvgIpc) is 2.62. The Hall–Kier alpha value is -2.91. The number of nitriles is 1. The first-order valence-electron chi connectivity index (χ1n) is 7.00. The van der Waals surface area contributed by atoms with Gasteiger partial charge < -0.3 is 18.9 Å². The molecular formula is C17H12ClNO5.